The standard InChI is InChI=1S/C15H18F3NO4S/c16-15(17,18)13(10-4-2-1-3-5-10)19-12(14(20)21)11(24(22)23)8-9-6-7-9/h1-5,9,11-13,19H,6-8H2,(H,20,21)(H,22,23)/t11?,12?,13-/m0/s1. The number of hydrogen-bond acceptors (Lipinski definition) is 3. The number of carboxylic acids is 1. The van der Waals surface area contributed by atoms with Crippen LogP contribution in [-0.4, -0.2) is 37.3 Å². The molecule has 1 aromatic rings. The average Bonchev–Trinajstić information content (AvgIpc) is 3.29. The largest absolute Gasteiger partial charge is 0.480 e. The van der Waals surface area contributed by atoms with Gasteiger partial charge in [0.05, 0.1) is 5.25 Å². The summed E-state index contributed by atoms with van der Waals surface area (Å²) in [5, 5.41) is 10.1. The molecular formula is C15H18F3NO4S. The third-order valence-electron chi connectivity index (χ3n) is 3.97. The Morgan fingerprint density at radius 1 is 1.29 bits per heavy atom. The van der Waals surface area contributed by atoms with E-state index in [9.17, 15) is 31.8 Å². The smallest absolute Gasteiger partial charge is 0.407 e. The highest BCUT2D eigenvalue weighted by Crippen LogP contribution is 2.37. The number of nitrogens with one attached hydrogen (secondary N) is 1. The van der Waals surface area contributed by atoms with E-state index >= 15 is 0 Å². The van der Waals surface area contributed by atoms with E-state index in [0.29, 0.717) is 0 Å². The van der Waals surface area contributed by atoms with Gasteiger partial charge in [0.25, 0.3) is 0 Å². The van der Waals surface area contributed by atoms with Crippen molar-refractivity contribution < 1.29 is 31.8 Å². The van der Waals surface area contributed by atoms with Gasteiger partial charge in [-0.05, 0) is 17.9 Å². The first-order valence-electron chi connectivity index (χ1n) is 7.40. The number of benzene rings is 1. The fourth-order valence-corrected chi connectivity index (χ4v) is 3.42. The van der Waals surface area contributed by atoms with Crippen LogP contribution in [0.15, 0.2) is 30.3 Å². The fraction of sp³-hybridized carbons (Fsp3) is 0.533. The van der Waals surface area contributed by atoms with Gasteiger partial charge in [0.1, 0.15) is 12.1 Å². The second kappa shape index (κ2) is 7.62. The molecule has 2 rings (SSSR count). The maximum Gasteiger partial charge on any atom is 0.407 e. The lowest BCUT2D eigenvalue weighted by Gasteiger charge is -2.29. The number of rotatable bonds is 8. The molecule has 0 amide bonds. The molecule has 3 N–H and O–H groups in total. The van der Waals surface area contributed by atoms with Gasteiger partial charge in [-0.25, -0.2) is 4.21 Å². The Labute approximate surface area is 139 Å². The van der Waals surface area contributed by atoms with Crippen molar-refractivity contribution in [2.75, 3.05) is 0 Å². The third kappa shape index (κ3) is 5.02. The molecule has 0 heterocycles. The third-order valence-corrected chi connectivity index (χ3v) is 4.95. The van der Waals surface area contributed by atoms with Crippen LogP contribution in [0.25, 0.3) is 0 Å². The van der Waals surface area contributed by atoms with Gasteiger partial charge in [0, 0.05) is 0 Å². The number of aliphatic carboxylic acids is 1. The van der Waals surface area contributed by atoms with Crippen LogP contribution >= 0.6 is 0 Å². The molecular weight excluding hydrogens is 347 g/mol. The molecule has 1 aromatic carbocycles. The molecule has 0 radical (unpaired) electrons. The predicted octanol–water partition coefficient (Wildman–Crippen LogP) is 2.72. The molecule has 3 unspecified atom stereocenters. The minimum absolute atomic E-state index is 0.0933. The van der Waals surface area contributed by atoms with E-state index in [4.69, 9.17) is 0 Å². The van der Waals surface area contributed by atoms with Gasteiger partial charge >= 0.3 is 12.1 Å². The van der Waals surface area contributed by atoms with Crippen molar-refractivity contribution >= 4 is 17.0 Å². The minimum atomic E-state index is -4.74. The first-order valence-corrected chi connectivity index (χ1v) is 8.57. The molecule has 4 atom stereocenters. The van der Waals surface area contributed by atoms with Gasteiger partial charge in [-0.1, -0.05) is 43.2 Å². The predicted molar refractivity (Wildman–Crippen MR) is 81.7 cm³/mol. The molecule has 5 nitrogen and oxygen atoms in total. The van der Waals surface area contributed by atoms with Crippen molar-refractivity contribution in [1.29, 1.82) is 0 Å². The van der Waals surface area contributed by atoms with E-state index in [1.54, 1.807) is 6.07 Å². The van der Waals surface area contributed by atoms with Crippen molar-refractivity contribution in [2.45, 2.75) is 42.8 Å². The monoisotopic (exact) mass is 365 g/mol. The summed E-state index contributed by atoms with van der Waals surface area (Å²) in [7, 11) is 0. The van der Waals surface area contributed by atoms with Crippen LogP contribution in [0, 0.1) is 5.92 Å². The van der Waals surface area contributed by atoms with E-state index in [0.717, 1.165) is 12.8 Å². The Hall–Kier alpha value is -1.45. The molecule has 0 aliphatic heterocycles. The van der Waals surface area contributed by atoms with E-state index in [1.807, 2.05) is 5.32 Å². The molecule has 0 saturated heterocycles. The highest BCUT2D eigenvalue weighted by Gasteiger charge is 2.46. The summed E-state index contributed by atoms with van der Waals surface area (Å²) < 4.78 is 61.0. The summed E-state index contributed by atoms with van der Waals surface area (Å²) in [5.41, 5.74) is -0.148. The van der Waals surface area contributed by atoms with Crippen LogP contribution in [0.2, 0.25) is 0 Å². The molecule has 1 aliphatic carbocycles. The maximum absolute atomic E-state index is 13.4. The van der Waals surface area contributed by atoms with Gasteiger partial charge < -0.3 is 9.66 Å². The second-order valence-corrected chi connectivity index (χ2v) is 7.02. The van der Waals surface area contributed by atoms with Gasteiger partial charge in [-0.3, -0.25) is 10.1 Å². The number of alkyl halides is 3. The molecule has 9 heteroatoms. The molecule has 1 aliphatic rings. The molecule has 24 heavy (non-hydrogen) atoms. The summed E-state index contributed by atoms with van der Waals surface area (Å²) in [6.45, 7) is 0. The Balaban J connectivity index is 2.28. The average molecular weight is 365 g/mol. The van der Waals surface area contributed by atoms with Gasteiger partial charge in [-0.2, -0.15) is 13.2 Å². The van der Waals surface area contributed by atoms with Crippen LogP contribution in [0.1, 0.15) is 30.9 Å². The summed E-state index contributed by atoms with van der Waals surface area (Å²) >= 11 is -2.54. The van der Waals surface area contributed by atoms with Gasteiger partial charge in [-0.15, -0.1) is 0 Å². The SMILES string of the molecule is O=C(O)C(N[C@@H](c1ccccc1)C(F)(F)F)C(CC1CC1)S(=O)O. The quantitative estimate of drug-likeness (QED) is 0.617. The maximum atomic E-state index is 13.4. The lowest BCUT2D eigenvalue weighted by molar-refractivity contribution is -0.163. The van der Waals surface area contributed by atoms with E-state index in [2.05, 4.69) is 0 Å². The summed E-state index contributed by atoms with van der Waals surface area (Å²) in [4.78, 5) is 11.5. The zero-order chi connectivity index (χ0) is 17.9. The van der Waals surface area contributed by atoms with Gasteiger partial charge in [0.15, 0.2) is 11.1 Å². The topological polar surface area (TPSA) is 86.6 Å². The molecule has 134 valence electrons. The molecule has 1 fully saturated rings. The molecule has 0 bridgehead atoms. The number of halogens is 3. The van der Waals surface area contributed by atoms with Crippen molar-refractivity contribution in [1.82, 2.24) is 5.32 Å². The number of hydrogen-bond donors (Lipinski definition) is 3. The second-order valence-electron chi connectivity index (χ2n) is 5.86. The Bertz CT molecular complexity index is 592. The van der Waals surface area contributed by atoms with Crippen molar-refractivity contribution in [3.63, 3.8) is 0 Å². The van der Waals surface area contributed by atoms with E-state index < -0.39 is 40.6 Å². The zero-order valence-electron chi connectivity index (χ0n) is 12.6. The Morgan fingerprint density at radius 3 is 2.29 bits per heavy atom. The summed E-state index contributed by atoms with van der Waals surface area (Å²) in [6.07, 6.45) is -3.05. The van der Waals surface area contributed by atoms with Crippen LogP contribution in [0.4, 0.5) is 13.2 Å². The number of carboxylic acid groups (broad SMARTS) is 1. The highest BCUT2D eigenvalue weighted by molar-refractivity contribution is 7.80. The van der Waals surface area contributed by atoms with Crippen LogP contribution in [0.5, 0.6) is 0 Å². The summed E-state index contributed by atoms with van der Waals surface area (Å²) in [5.74, 6) is -1.48. The number of carbonyl (C=O) groups is 1. The Kier molecular flexibility index (Phi) is 6.00. The molecule has 0 spiro atoms. The Morgan fingerprint density at radius 2 is 1.88 bits per heavy atom. The lowest BCUT2D eigenvalue weighted by Crippen LogP contribution is -2.52. The molecule has 0 aromatic heterocycles. The lowest BCUT2D eigenvalue weighted by atomic mass is 10.0. The fourth-order valence-electron chi connectivity index (χ4n) is 2.56. The van der Waals surface area contributed by atoms with Crippen molar-refractivity contribution in [3.05, 3.63) is 35.9 Å². The van der Waals surface area contributed by atoms with E-state index in [-0.39, 0.29) is 17.9 Å². The van der Waals surface area contributed by atoms with Crippen molar-refractivity contribution in [3.8, 4) is 0 Å². The molecule has 1 saturated carbocycles. The zero-order valence-corrected chi connectivity index (χ0v) is 13.4. The summed E-state index contributed by atoms with van der Waals surface area (Å²) in [6, 6.07) is 2.83. The first kappa shape index (κ1) is 18.9. The van der Waals surface area contributed by atoms with Crippen LogP contribution < -0.4 is 5.32 Å². The minimum Gasteiger partial charge on any atom is -0.480 e. The van der Waals surface area contributed by atoms with E-state index in [1.165, 1.54) is 24.3 Å². The van der Waals surface area contributed by atoms with Crippen LogP contribution in [-0.2, 0) is 15.9 Å². The normalized spacial score (nSPS) is 20.2. The first-order chi connectivity index (χ1) is 11.2. The van der Waals surface area contributed by atoms with Gasteiger partial charge in [0.2, 0.25) is 0 Å². The highest BCUT2D eigenvalue weighted by atomic mass is 32.2. The van der Waals surface area contributed by atoms with Crippen LogP contribution in [0.3, 0.4) is 0 Å². The van der Waals surface area contributed by atoms with Crippen molar-refractivity contribution in [2.24, 2.45) is 5.92 Å².